The van der Waals surface area contributed by atoms with Crippen LogP contribution in [0.3, 0.4) is 0 Å². The molecule has 0 aliphatic carbocycles. The molecule has 0 amide bonds. The molecule has 0 aliphatic rings. The van der Waals surface area contributed by atoms with Gasteiger partial charge in [0.25, 0.3) is 0 Å². The number of thiazole rings is 1. The van der Waals surface area contributed by atoms with Crippen molar-refractivity contribution in [1.82, 2.24) is 10.3 Å². The molecular weight excluding hydrogens is 259 g/mol. The van der Waals surface area contributed by atoms with Gasteiger partial charge >= 0.3 is 0 Å². The standard InChI is InChI=1S/C12H12ClFN2S/c1-15-6-10-7-16-12(17-10)4-8-2-3-9(14)5-11(8)13/h2-3,5,7,15H,4,6H2,1H3. The number of benzene rings is 1. The molecule has 0 aliphatic heterocycles. The predicted molar refractivity (Wildman–Crippen MR) is 69.1 cm³/mol. The van der Waals surface area contributed by atoms with Gasteiger partial charge in [0, 0.05) is 29.1 Å². The fraction of sp³-hybridized carbons (Fsp3) is 0.250. The number of nitrogens with zero attached hydrogens (tertiary/aromatic N) is 1. The van der Waals surface area contributed by atoms with Crippen LogP contribution >= 0.6 is 22.9 Å². The molecule has 2 rings (SSSR count). The molecule has 0 spiro atoms. The summed E-state index contributed by atoms with van der Waals surface area (Å²) in [5.41, 5.74) is 0.901. The molecule has 1 aromatic heterocycles. The third kappa shape index (κ3) is 3.25. The largest absolute Gasteiger partial charge is 0.315 e. The minimum Gasteiger partial charge on any atom is -0.315 e. The summed E-state index contributed by atoms with van der Waals surface area (Å²) >= 11 is 7.61. The predicted octanol–water partition coefficient (Wildman–Crippen LogP) is 3.25. The Hall–Kier alpha value is -0.970. The molecule has 1 aromatic carbocycles. The van der Waals surface area contributed by atoms with E-state index in [-0.39, 0.29) is 5.82 Å². The van der Waals surface area contributed by atoms with Gasteiger partial charge in [-0.25, -0.2) is 9.37 Å². The van der Waals surface area contributed by atoms with Crippen molar-refractivity contribution < 1.29 is 4.39 Å². The van der Waals surface area contributed by atoms with Crippen molar-refractivity contribution in [2.24, 2.45) is 0 Å². The Morgan fingerprint density at radius 1 is 1.47 bits per heavy atom. The third-order valence-corrected chi connectivity index (χ3v) is 3.66. The first-order valence-electron chi connectivity index (χ1n) is 5.21. The summed E-state index contributed by atoms with van der Waals surface area (Å²) in [6.07, 6.45) is 2.50. The summed E-state index contributed by atoms with van der Waals surface area (Å²) in [7, 11) is 1.90. The molecule has 0 bridgehead atoms. The highest BCUT2D eigenvalue weighted by atomic mass is 35.5. The van der Waals surface area contributed by atoms with E-state index in [2.05, 4.69) is 10.3 Å². The van der Waals surface area contributed by atoms with Gasteiger partial charge in [0.2, 0.25) is 0 Å². The van der Waals surface area contributed by atoms with E-state index in [0.717, 1.165) is 17.1 Å². The van der Waals surface area contributed by atoms with Gasteiger partial charge in [-0.15, -0.1) is 11.3 Å². The second kappa shape index (κ2) is 5.58. The Morgan fingerprint density at radius 2 is 2.29 bits per heavy atom. The molecule has 0 atom stereocenters. The number of aromatic nitrogens is 1. The minimum absolute atomic E-state index is 0.311. The Bertz CT molecular complexity index is 513. The van der Waals surface area contributed by atoms with Crippen LogP contribution in [-0.2, 0) is 13.0 Å². The van der Waals surface area contributed by atoms with E-state index in [1.165, 1.54) is 17.0 Å². The van der Waals surface area contributed by atoms with Gasteiger partial charge in [-0.2, -0.15) is 0 Å². The molecule has 0 radical (unpaired) electrons. The molecule has 0 saturated carbocycles. The van der Waals surface area contributed by atoms with E-state index in [9.17, 15) is 4.39 Å². The molecule has 1 N–H and O–H groups in total. The molecule has 17 heavy (non-hydrogen) atoms. The van der Waals surface area contributed by atoms with Crippen molar-refractivity contribution in [1.29, 1.82) is 0 Å². The van der Waals surface area contributed by atoms with Crippen molar-refractivity contribution in [3.63, 3.8) is 0 Å². The van der Waals surface area contributed by atoms with Crippen molar-refractivity contribution in [2.75, 3.05) is 7.05 Å². The lowest BCUT2D eigenvalue weighted by Gasteiger charge is -2.01. The zero-order valence-electron chi connectivity index (χ0n) is 9.34. The smallest absolute Gasteiger partial charge is 0.124 e. The SMILES string of the molecule is CNCc1cnc(Cc2ccc(F)cc2Cl)s1. The molecule has 90 valence electrons. The monoisotopic (exact) mass is 270 g/mol. The fourth-order valence-electron chi connectivity index (χ4n) is 1.51. The van der Waals surface area contributed by atoms with Gasteiger partial charge in [0.15, 0.2) is 0 Å². The number of nitrogens with one attached hydrogen (secondary N) is 1. The maximum Gasteiger partial charge on any atom is 0.124 e. The fourth-order valence-corrected chi connectivity index (χ4v) is 2.71. The van der Waals surface area contributed by atoms with E-state index in [4.69, 9.17) is 11.6 Å². The summed E-state index contributed by atoms with van der Waals surface area (Å²) in [6, 6.07) is 4.46. The van der Waals surface area contributed by atoms with Gasteiger partial charge in [-0.3, -0.25) is 0 Å². The minimum atomic E-state index is -0.311. The van der Waals surface area contributed by atoms with Gasteiger partial charge in [0.05, 0.1) is 5.01 Å². The topological polar surface area (TPSA) is 24.9 Å². The number of hydrogen-bond acceptors (Lipinski definition) is 3. The Labute approximate surface area is 108 Å². The lowest BCUT2D eigenvalue weighted by molar-refractivity contribution is 0.627. The lowest BCUT2D eigenvalue weighted by Crippen LogP contribution is -2.02. The van der Waals surface area contributed by atoms with Crippen molar-refractivity contribution >= 4 is 22.9 Å². The molecule has 5 heteroatoms. The molecule has 2 aromatic rings. The van der Waals surface area contributed by atoms with Crippen LogP contribution in [0.2, 0.25) is 5.02 Å². The quantitative estimate of drug-likeness (QED) is 0.923. The Kier molecular flexibility index (Phi) is 4.10. The van der Waals surface area contributed by atoms with E-state index < -0.39 is 0 Å². The molecule has 2 nitrogen and oxygen atoms in total. The van der Waals surface area contributed by atoms with E-state index in [0.29, 0.717) is 11.4 Å². The number of halogens is 2. The zero-order valence-corrected chi connectivity index (χ0v) is 10.9. The van der Waals surface area contributed by atoms with Crippen LogP contribution in [0, 0.1) is 5.82 Å². The first-order valence-corrected chi connectivity index (χ1v) is 6.40. The summed E-state index contributed by atoms with van der Waals surface area (Å²) in [4.78, 5) is 5.50. The second-order valence-corrected chi connectivity index (χ2v) is 5.27. The molecular formula is C12H12ClFN2S. The van der Waals surface area contributed by atoms with Crippen LogP contribution in [0.5, 0.6) is 0 Å². The van der Waals surface area contributed by atoms with Gasteiger partial charge in [0.1, 0.15) is 5.82 Å². The normalized spacial score (nSPS) is 10.8. The maximum atomic E-state index is 12.9. The van der Waals surface area contributed by atoms with Crippen LogP contribution in [0.25, 0.3) is 0 Å². The first kappa shape index (κ1) is 12.5. The highest BCUT2D eigenvalue weighted by Crippen LogP contribution is 2.22. The first-order chi connectivity index (χ1) is 8.19. The van der Waals surface area contributed by atoms with Crippen LogP contribution in [0.15, 0.2) is 24.4 Å². The summed E-state index contributed by atoms with van der Waals surface area (Å²) in [5.74, 6) is -0.311. The second-order valence-electron chi connectivity index (χ2n) is 3.66. The van der Waals surface area contributed by atoms with Gasteiger partial charge < -0.3 is 5.32 Å². The lowest BCUT2D eigenvalue weighted by atomic mass is 10.1. The van der Waals surface area contributed by atoms with E-state index in [1.807, 2.05) is 13.2 Å². The Balaban J connectivity index is 2.13. The molecule has 1 heterocycles. The Morgan fingerprint density at radius 3 is 3.00 bits per heavy atom. The van der Waals surface area contributed by atoms with Crippen molar-refractivity contribution in [3.8, 4) is 0 Å². The average molecular weight is 271 g/mol. The zero-order chi connectivity index (χ0) is 12.3. The molecule has 0 unspecified atom stereocenters. The van der Waals surface area contributed by atoms with E-state index in [1.54, 1.807) is 17.4 Å². The van der Waals surface area contributed by atoms with Crippen molar-refractivity contribution in [2.45, 2.75) is 13.0 Å². The summed E-state index contributed by atoms with van der Waals surface area (Å²) in [6.45, 7) is 0.814. The number of rotatable bonds is 4. The van der Waals surface area contributed by atoms with Gasteiger partial charge in [-0.05, 0) is 24.7 Å². The third-order valence-electron chi connectivity index (χ3n) is 2.31. The molecule has 0 saturated heterocycles. The summed E-state index contributed by atoms with van der Waals surface area (Å²) in [5, 5.41) is 4.52. The molecule has 0 fully saturated rings. The highest BCUT2D eigenvalue weighted by Gasteiger charge is 2.06. The van der Waals surface area contributed by atoms with Crippen LogP contribution in [0.4, 0.5) is 4.39 Å². The average Bonchev–Trinajstić information content (AvgIpc) is 2.71. The van der Waals surface area contributed by atoms with Crippen molar-refractivity contribution in [3.05, 3.63) is 50.7 Å². The highest BCUT2D eigenvalue weighted by molar-refractivity contribution is 7.11. The maximum absolute atomic E-state index is 12.9. The van der Waals surface area contributed by atoms with Crippen LogP contribution in [0.1, 0.15) is 15.4 Å². The number of hydrogen-bond donors (Lipinski definition) is 1. The van der Waals surface area contributed by atoms with Crippen LogP contribution in [-0.4, -0.2) is 12.0 Å². The van der Waals surface area contributed by atoms with Gasteiger partial charge in [-0.1, -0.05) is 17.7 Å². The van der Waals surface area contributed by atoms with Crippen LogP contribution < -0.4 is 5.32 Å². The summed E-state index contributed by atoms with van der Waals surface area (Å²) < 4.78 is 12.9. The van der Waals surface area contributed by atoms with E-state index >= 15 is 0 Å².